The van der Waals surface area contributed by atoms with Gasteiger partial charge < -0.3 is 4.42 Å². The number of hydrogen-bond acceptors (Lipinski definition) is 3. The maximum atomic E-state index is 12.2. The van der Waals surface area contributed by atoms with Crippen LogP contribution >= 0.6 is 11.6 Å². The molecule has 5 heteroatoms. The van der Waals surface area contributed by atoms with Gasteiger partial charge >= 0.3 is 0 Å². The lowest BCUT2D eigenvalue weighted by molar-refractivity contribution is 0.573. The third-order valence-corrected chi connectivity index (χ3v) is 4.61. The zero-order valence-electron chi connectivity index (χ0n) is 11.7. The smallest absolute Gasteiger partial charge is 0.226 e. The topological polar surface area (TPSA) is 43.1 Å². The summed E-state index contributed by atoms with van der Waals surface area (Å²) in [5.41, 5.74) is 2.55. The molecule has 112 valence electrons. The van der Waals surface area contributed by atoms with E-state index >= 15 is 0 Å². The molecule has 0 N–H and O–H groups in total. The molecule has 0 radical (unpaired) electrons. The minimum absolute atomic E-state index is 0.374. The molecule has 1 heterocycles. The van der Waals surface area contributed by atoms with E-state index in [4.69, 9.17) is 16.0 Å². The van der Waals surface area contributed by atoms with Gasteiger partial charge in [0.1, 0.15) is 6.26 Å². The molecule has 22 heavy (non-hydrogen) atoms. The summed E-state index contributed by atoms with van der Waals surface area (Å²) >= 11 is 5.96. The summed E-state index contributed by atoms with van der Waals surface area (Å²) in [5, 5.41) is 0.630. The van der Waals surface area contributed by atoms with Crippen molar-refractivity contribution in [3.63, 3.8) is 0 Å². The molecule has 0 saturated heterocycles. The second kappa shape index (κ2) is 6.90. The minimum Gasteiger partial charge on any atom is -0.444 e. The van der Waals surface area contributed by atoms with Crippen LogP contribution < -0.4 is 0 Å². The Morgan fingerprint density at radius 2 is 1.86 bits per heavy atom. The number of nitrogens with zero attached hydrogens (tertiary/aromatic N) is 1. The molecule has 3 nitrogen and oxygen atoms in total. The second-order valence-electron chi connectivity index (χ2n) is 4.87. The van der Waals surface area contributed by atoms with E-state index in [0.29, 0.717) is 28.1 Å². The first-order valence-electron chi connectivity index (χ1n) is 6.80. The molecular weight excluding hydrogens is 318 g/mol. The van der Waals surface area contributed by atoms with E-state index < -0.39 is 10.8 Å². The Labute approximate surface area is 136 Å². The molecule has 0 fully saturated rings. The maximum Gasteiger partial charge on any atom is 0.226 e. The first-order valence-corrected chi connectivity index (χ1v) is 8.66. The van der Waals surface area contributed by atoms with Crippen LogP contribution in [-0.2, 0) is 22.3 Å². The largest absolute Gasteiger partial charge is 0.444 e. The van der Waals surface area contributed by atoms with Gasteiger partial charge in [-0.15, -0.1) is 0 Å². The third-order valence-electron chi connectivity index (χ3n) is 3.10. The number of benzene rings is 2. The molecule has 0 amide bonds. The number of oxazole rings is 1. The van der Waals surface area contributed by atoms with Crippen LogP contribution in [0.4, 0.5) is 0 Å². The Hall–Kier alpha value is -1.91. The van der Waals surface area contributed by atoms with Gasteiger partial charge in [-0.05, 0) is 23.8 Å². The average Bonchev–Trinajstić information content (AvgIpc) is 2.96. The summed E-state index contributed by atoms with van der Waals surface area (Å²) in [6.45, 7) is 0. The highest BCUT2D eigenvalue weighted by Gasteiger charge is 2.10. The van der Waals surface area contributed by atoms with Gasteiger partial charge in [0.2, 0.25) is 5.89 Å². The highest BCUT2D eigenvalue weighted by atomic mass is 35.5. The molecular formula is C17H14ClNO2S. The van der Waals surface area contributed by atoms with Crippen molar-refractivity contribution in [3.05, 3.63) is 77.1 Å². The van der Waals surface area contributed by atoms with Gasteiger partial charge in [0.05, 0.1) is 11.4 Å². The van der Waals surface area contributed by atoms with Gasteiger partial charge in [-0.1, -0.05) is 48.0 Å². The number of hydrogen-bond donors (Lipinski definition) is 0. The second-order valence-corrected chi connectivity index (χ2v) is 6.76. The van der Waals surface area contributed by atoms with Crippen LogP contribution in [0.2, 0.25) is 5.02 Å². The molecule has 1 atom stereocenters. The van der Waals surface area contributed by atoms with E-state index in [0.717, 1.165) is 11.1 Å². The van der Waals surface area contributed by atoms with E-state index in [2.05, 4.69) is 4.98 Å². The van der Waals surface area contributed by atoms with Crippen molar-refractivity contribution in [2.75, 3.05) is 0 Å². The lowest BCUT2D eigenvalue weighted by Crippen LogP contribution is -1.99. The molecule has 3 aromatic rings. The molecule has 2 aromatic carbocycles. The van der Waals surface area contributed by atoms with Gasteiger partial charge in [0.15, 0.2) is 0 Å². The van der Waals surface area contributed by atoms with Crippen LogP contribution in [0, 0.1) is 0 Å². The Bertz CT molecular complexity index is 786. The van der Waals surface area contributed by atoms with Gasteiger partial charge in [0.25, 0.3) is 0 Å². The fourth-order valence-electron chi connectivity index (χ4n) is 2.10. The lowest BCUT2D eigenvalue weighted by Gasteiger charge is -2.00. The first-order chi connectivity index (χ1) is 10.7. The quantitative estimate of drug-likeness (QED) is 0.694. The predicted octanol–water partition coefficient (Wildman–Crippen LogP) is 4.44. The number of rotatable bonds is 5. The maximum absolute atomic E-state index is 12.2. The monoisotopic (exact) mass is 331 g/mol. The zero-order valence-corrected chi connectivity index (χ0v) is 13.3. The van der Waals surface area contributed by atoms with Crippen LogP contribution in [0.25, 0.3) is 11.5 Å². The summed E-state index contributed by atoms with van der Waals surface area (Å²) in [7, 11) is -1.02. The van der Waals surface area contributed by atoms with Gasteiger partial charge in [-0.2, -0.15) is 0 Å². The average molecular weight is 332 g/mol. The summed E-state index contributed by atoms with van der Waals surface area (Å²) < 4.78 is 17.6. The molecule has 0 bridgehead atoms. The van der Waals surface area contributed by atoms with Crippen molar-refractivity contribution in [1.29, 1.82) is 0 Å². The molecule has 0 aliphatic heterocycles. The Kier molecular flexibility index (Phi) is 4.71. The highest BCUT2D eigenvalue weighted by molar-refractivity contribution is 7.83. The van der Waals surface area contributed by atoms with Crippen LogP contribution in [0.5, 0.6) is 0 Å². The van der Waals surface area contributed by atoms with Gasteiger partial charge in [-0.3, -0.25) is 4.21 Å². The first kappa shape index (κ1) is 15.0. The summed E-state index contributed by atoms with van der Waals surface area (Å²) in [6, 6.07) is 17.1. The molecule has 0 aliphatic carbocycles. The van der Waals surface area contributed by atoms with Crippen LogP contribution in [-0.4, -0.2) is 9.19 Å². The van der Waals surface area contributed by atoms with Crippen molar-refractivity contribution in [3.8, 4) is 11.5 Å². The SMILES string of the molecule is O=S(Cc1ccccc1)Cc1coc(-c2cccc(Cl)c2)n1. The highest BCUT2D eigenvalue weighted by Crippen LogP contribution is 2.22. The standard InChI is InChI=1S/C17H14ClNO2S/c18-15-8-4-7-14(9-15)17-19-16(10-21-17)12-22(20)11-13-5-2-1-3-6-13/h1-10H,11-12H2. The third kappa shape index (κ3) is 3.84. The Morgan fingerprint density at radius 1 is 1.05 bits per heavy atom. The van der Waals surface area contributed by atoms with E-state index in [1.54, 1.807) is 18.4 Å². The van der Waals surface area contributed by atoms with Crippen LogP contribution in [0.15, 0.2) is 65.3 Å². The van der Waals surface area contributed by atoms with Crippen LogP contribution in [0.1, 0.15) is 11.3 Å². The minimum atomic E-state index is -1.02. The Balaban J connectivity index is 1.68. The lowest BCUT2D eigenvalue weighted by atomic mass is 10.2. The predicted molar refractivity (Wildman–Crippen MR) is 88.9 cm³/mol. The summed E-state index contributed by atoms with van der Waals surface area (Å²) in [5.74, 6) is 1.38. The summed E-state index contributed by atoms with van der Waals surface area (Å²) in [4.78, 5) is 4.38. The van der Waals surface area contributed by atoms with Crippen molar-refractivity contribution in [2.45, 2.75) is 11.5 Å². The number of halogens is 1. The molecule has 3 rings (SSSR count). The number of aromatic nitrogens is 1. The van der Waals surface area contributed by atoms with E-state index in [1.807, 2.05) is 42.5 Å². The fraction of sp³-hybridized carbons (Fsp3) is 0.118. The van der Waals surface area contributed by atoms with Crippen molar-refractivity contribution in [2.24, 2.45) is 0 Å². The molecule has 1 aromatic heterocycles. The molecule has 0 saturated carbocycles. The zero-order chi connectivity index (χ0) is 15.4. The molecule has 0 spiro atoms. The van der Waals surface area contributed by atoms with Crippen molar-refractivity contribution in [1.82, 2.24) is 4.98 Å². The molecule has 0 aliphatic rings. The summed E-state index contributed by atoms with van der Waals surface area (Å²) in [6.07, 6.45) is 1.55. The van der Waals surface area contributed by atoms with E-state index in [-0.39, 0.29) is 0 Å². The molecule has 1 unspecified atom stereocenters. The Morgan fingerprint density at radius 3 is 2.64 bits per heavy atom. The van der Waals surface area contributed by atoms with Gasteiger partial charge in [-0.25, -0.2) is 4.98 Å². The van der Waals surface area contributed by atoms with Crippen molar-refractivity contribution >= 4 is 22.4 Å². The normalized spacial score (nSPS) is 12.2. The van der Waals surface area contributed by atoms with Crippen molar-refractivity contribution < 1.29 is 8.63 Å². The fourth-order valence-corrected chi connectivity index (χ4v) is 3.42. The van der Waals surface area contributed by atoms with Gasteiger partial charge in [0, 0.05) is 27.1 Å². The van der Waals surface area contributed by atoms with E-state index in [1.165, 1.54) is 0 Å². The van der Waals surface area contributed by atoms with Crippen LogP contribution in [0.3, 0.4) is 0 Å². The van der Waals surface area contributed by atoms with E-state index in [9.17, 15) is 4.21 Å².